The van der Waals surface area contributed by atoms with E-state index in [0.717, 1.165) is 12.8 Å². The summed E-state index contributed by atoms with van der Waals surface area (Å²) in [6.07, 6.45) is 0.236. The Morgan fingerprint density at radius 3 is 2.49 bits per heavy atom. The van der Waals surface area contributed by atoms with Gasteiger partial charge in [0.2, 0.25) is 0 Å². The lowest BCUT2D eigenvalue weighted by molar-refractivity contribution is -0.115. The minimum Gasteiger partial charge on any atom is -0.435 e. The molecule has 1 aliphatic heterocycles. The van der Waals surface area contributed by atoms with Crippen molar-refractivity contribution < 1.29 is 31.5 Å². The summed E-state index contributed by atoms with van der Waals surface area (Å²) < 4.78 is 71.6. The number of nitrogens with zero attached hydrogens (tertiary/aromatic N) is 4. The van der Waals surface area contributed by atoms with Crippen LogP contribution in [-0.4, -0.2) is 49.9 Å². The van der Waals surface area contributed by atoms with E-state index in [0.29, 0.717) is 28.7 Å². The van der Waals surface area contributed by atoms with Gasteiger partial charge in [0.15, 0.2) is 11.1 Å². The average Bonchev–Trinajstić information content (AvgIpc) is 3.58. The Kier molecular flexibility index (Phi) is 5.94. The third kappa shape index (κ3) is 4.91. The average molecular weight is 597 g/mol. The molecule has 1 aliphatic carbocycles. The van der Waals surface area contributed by atoms with Crippen LogP contribution in [0.2, 0.25) is 0 Å². The molecule has 1 saturated carbocycles. The monoisotopic (exact) mass is 596 g/mol. The molecule has 43 heavy (non-hydrogen) atoms. The number of ether oxygens (including phenoxy) is 1. The van der Waals surface area contributed by atoms with Crippen LogP contribution in [0.25, 0.3) is 38.8 Å². The maximum absolute atomic E-state index is 14.1. The number of amides is 1. The van der Waals surface area contributed by atoms with E-state index < -0.39 is 24.8 Å². The molecule has 0 radical (unpaired) electrons. The number of aromatic nitrogens is 4. The highest BCUT2D eigenvalue weighted by molar-refractivity contribution is 6.07. The molecule has 0 bridgehead atoms. The number of anilines is 1. The lowest BCUT2D eigenvalue weighted by Gasteiger charge is -2.24. The van der Waals surface area contributed by atoms with Crippen molar-refractivity contribution in [2.45, 2.75) is 37.7 Å². The van der Waals surface area contributed by atoms with Gasteiger partial charge >= 0.3 is 12.8 Å². The zero-order valence-corrected chi connectivity index (χ0v) is 22.1. The fourth-order valence-corrected chi connectivity index (χ4v) is 5.43. The van der Waals surface area contributed by atoms with Gasteiger partial charge < -0.3 is 19.8 Å². The molecule has 0 unspecified atom stereocenters. The first-order valence-corrected chi connectivity index (χ1v) is 13.2. The molecule has 4 heterocycles. The molecule has 2 aromatic carbocycles. The van der Waals surface area contributed by atoms with Crippen molar-refractivity contribution in [2.24, 2.45) is 0 Å². The van der Waals surface area contributed by atoms with Crippen LogP contribution in [0.15, 0.2) is 65.7 Å². The van der Waals surface area contributed by atoms with Crippen molar-refractivity contribution in [3.05, 3.63) is 76.8 Å². The summed E-state index contributed by atoms with van der Waals surface area (Å²) in [5.41, 5.74) is 1.27. The van der Waals surface area contributed by atoms with E-state index in [1.165, 1.54) is 47.1 Å². The normalized spacial score (nSPS) is 15.6. The molecule has 9 nitrogen and oxygen atoms in total. The van der Waals surface area contributed by atoms with E-state index >= 15 is 0 Å². The maximum Gasteiger partial charge on any atom is 0.405 e. The van der Waals surface area contributed by atoms with E-state index in [9.17, 15) is 31.5 Å². The molecular formula is C29H21F5N6O3. The van der Waals surface area contributed by atoms with Crippen molar-refractivity contribution in [3.63, 3.8) is 0 Å². The number of carbonyl (C=O) groups excluding carboxylic acids is 1. The van der Waals surface area contributed by atoms with Crippen LogP contribution in [0.4, 0.5) is 27.8 Å². The van der Waals surface area contributed by atoms with Crippen LogP contribution in [0, 0.1) is 0 Å². The van der Waals surface area contributed by atoms with Crippen molar-refractivity contribution in [1.29, 1.82) is 0 Å². The standard InChI is InChI=1S/C29H21F5N6O3/c30-27(31)43-17-4-1-15(2-5-17)22-24(41)19(12-39-10-7-21(36-25(22)39)35-13-29(32,33)34)16-3-6-20-18(11-16)23-26(42)37-28(8-9-28)14-40(23)38-20/h1-7,10-12,27H,8-9,13-14H2,(H,35,36)(H,37,42). The number of halogens is 5. The second-order valence-electron chi connectivity index (χ2n) is 10.6. The molecule has 1 spiro atoms. The van der Waals surface area contributed by atoms with Gasteiger partial charge in [-0.3, -0.25) is 14.3 Å². The highest BCUT2D eigenvalue weighted by Gasteiger charge is 2.48. The number of benzene rings is 2. The van der Waals surface area contributed by atoms with Crippen LogP contribution in [0.5, 0.6) is 5.75 Å². The summed E-state index contributed by atoms with van der Waals surface area (Å²) in [7, 11) is 0. The summed E-state index contributed by atoms with van der Waals surface area (Å²) in [5, 5.41) is 10.4. The first kappa shape index (κ1) is 26.9. The maximum atomic E-state index is 14.1. The summed E-state index contributed by atoms with van der Waals surface area (Å²) in [6.45, 7) is -3.83. The Labute approximate surface area is 238 Å². The van der Waals surface area contributed by atoms with Crippen molar-refractivity contribution >= 4 is 28.3 Å². The Morgan fingerprint density at radius 1 is 1.05 bits per heavy atom. The summed E-state index contributed by atoms with van der Waals surface area (Å²) in [4.78, 5) is 31.4. The number of rotatable bonds is 6. The van der Waals surface area contributed by atoms with Crippen molar-refractivity contribution in [3.8, 4) is 28.0 Å². The molecule has 0 saturated heterocycles. The SMILES string of the molecule is O=C1NC2(CC2)Cn2nc3ccc(-c4cn5ccc(NCC(F)(F)F)nc5c(-c5ccc(OC(F)F)cc5)c4=O)cc3c21. The molecule has 7 rings (SSSR count). The van der Waals surface area contributed by atoms with E-state index in [1.807, 2.05) is 0 Å². The highest BCUT2D eigenvalue weighted by atomic mass is 19.4. The van der Waals surface area contributed by atoms with Crippen LogP contribution in [0.1, 0.15) is 23.3 Å². The molecule has 1 fully saturated rings. The Bertz CT molecular complexity index is 1980. The van der Waals surface area contributed by atoms with Gasteiger partial charge in [0, 0.05) is 23.3 Å². The molecule has 220 valence electrons. The van der Waals surface area contributed by atoms with Gasteiger partial charge in [-0.25, -0.2) is 4.98 Å². The number of fused-ring (bicyclic) bond motifs is 4. The lowest BCUT2D eigenvalue weighted by Crippen LogP contribution is -2.46. The number of hydrogen-bond donors (Lipinski definition) is 2. The van der Waals surface area contributed by atoms with Gasteiger partial charge in [-0.1, -0.05) is 18.2 Å². The van der Waals surface area contributed by atoms with Crippen molar-refractivity contribution in [1.82, 2.24) is 24.5 Å². The van der Waals surface area contributed by atoms with Crippen LogP contribution >= 0.6 is 0 Å². The zero-order valence-electron chi connectivity index (χ0n) is 22.1. The fourth-order valence-electron chi connectivity index (χ4n) is 5.43. The molecular weight excluding hydrogens is 575 g/mol. The lowest BCUT2D eigenvalue weighted by atomic mass is 9.98. The second kappa shape index (κ2) is 9.51. The van der Waals surface area contributed by atoms with Gasteiger partial charge in [-0.2, -0.15) is 27.1 Å². The number of hydrogen-bond acceptors (Lipinski definition) is 6. The predicted molar refractivity (Wildman–Crippen MR) is 146 cm³/mol. The Hall–Kier alpha value is -5.01. The number of alkyl halides is 5. The van der Waals surface area contributed by atoms with Crippen LogP contribution in [0.3, 0.4) is 0 Å². The smallest absolute Gasteiger partial charge is 0.405 e. The fraction of sp³-hybridized carbons (Fsp3) is 0.241. The summed E-state index contributed by atoms with van der Waals surface area (Å²) in [5.74, 6) is -0.494. The van der Waals surface area contributed by atoms with Crippen LogP contribution < -0.4 is 20.8 Å². The summed E-state index contributed by atoms with van der Waals surface area (Å²) >= 11 is 0. The molecule has 1 amide bonds. The molecule has 5 aromatic rings. The van der Waals surface area contributed by atoms with Crippen LogP contribution in [-0.2, 0) is 6.54 Å². The third-order valence-electron chi connectivity index (χ3n) is 7.61. The van der Waals surface area contributed by atoms with E-state index in [2.05, 4.69) is 25.5 Å². The Balaban J connectivity index is 1.38. The van der Waals surface area contributed by atoms with Gasteiger partial charge in [0.25, 0.3) is 5.91 Å². The van der Waals surface area contributed by atoms with Gasteiger partial charge in [0.05, 0.1) is 23.2 Å². The number of pyridine rings is 1. The first-order valence-electron chi connectivity index (χ1n) is 13.2. The number of carbonyl (C=O) groups is 1. The predicted octanol–water partition coefficient (Wildman–Crippen LogP) is 5.23. The van der Waals surface area contributed by atoms with Gasteiger partial charge in [-0.15, -0.1) is 0 Å². The zero-order chi connectivity index (χ0) is 30.1. The molecule has 14 heteroatoms. The van der Waals surface area contributed by atoms with Gasteiger partial charge in [0.1, 0.15) is 23.8 Å². The summed E-state index contributed by atoms with van der Waals surface area (Å²) in [6, 6.07) is 11.8. The molecule has 3 aromatic heterocycles. The Morgan fingerprint density at radius 2 is 1.79 bits per heavy atom. The molecule has 0 atom stereocenters. The minimum absolute atomic E-state index is 0.0299. The van der Waals surface area contributed by atoms with Gasteiger partial charge in [-0.05, 0) is 54.3 Å². The number of nitrogens with one attached hydrogen (secondary N) is 2. The largest absolute Gasteiger partial charge is 0.435 e. The van der Waals surface area contributed by atoms with Crippen molar-refractivity contribution in [2.75, 3.05) is 11.9 Å². The second-order valence-corrected chi connectivity index (χ2v) is 10.6. The topological polar surface area (TPSA) is 103 Å². The third-order valence-corrected chi connectivity index (χ3v) is 7.61. The first-order chi connectivity index (χ1) is 20.5. The minimum atomic E-state index is -4.50. The van der Waals surface area contributed by atoms with E-state index in [4.69, 9.17) is 0 Å². The molecule has 2 N–H and O–H groups in total. The van der Waals surface area contributed by atoms with E-state index in [-0.39, 0.29) is 45.4 Å². The van der Waals surface area contributed by atoms with E-state index in [1.54, 1.807) is 22.9 Å². The quantitative estimate of drug-likeness (QED) is 0.261. The molecule has 2 aliphatic rings. The highest BCUT2D eigenvalue weighted by Crippen LogP contribution is 2.41.